The van der Waals surface area contributed by atoms with Crippen LogP contribution in [0.15, 0.2) is 48.0 Å². The van der Waals surface area contributed by atoms with Crippen LogP contribution in [0.5, 0.6) is 0 Å². The van der Waals surface area contributed by atoms with Crippen LogP contribution < -0.4 is 5.32 Å². The highest BCUT2D eigenvalue weighted by molar-refractivity contribution is 7.13. The number of halogens is 1. The number of nitrogens with one attached hydrogen (secondary N) is 2. The molecule has 2 aromatic heterocycles. The summed E-state index contributed by atoms with van der Waals surface area (Å²) in [6, 6.07) is 11.3. The van der Waals surface area contributed by atoms with Crippen molar-refractivity contribution in [3.8, 4) is 10.6 Å². The number of hydrogen-bond donors (Lipinski definition) is 2. The van der Waals surface area contributed by atoms with Gasteiger partial charge in [0.05, 0.1) is 22.3 Å². The van der Waals surface area contributed by atoms with E-state index in [9.17, 15) is 4.79 Å². The van der Waals surface area contributed by atoms with Gasteiger partial charge in [0.2, 0.25) is 0 Å². The molecule has 3 aromatic rings. The molecule has 4 nitrogen and oxygen atoms in total. The van der Waals surface area contributed by atoms with Crippen LogP contribution in [0.3, 0.4) is 0 Å². The Kier molecular flexibility index (Phi) is 4.03. The summed E-state index contributed by atoms with van der Waals surface area (Å²) in [4.78, 5) is 13.3. The lowest BCUT2D eigenvalue weighted by atomic mass is 10.2. The van der Waals surface area contributed by atoms with Crippen molar-refractivity contribution in [3.63, 3.8) is 0 Å². The molecular formula is C15H12ClN3OS. The van der Waals surface area contributed by atoms with E-state index in [2.05, 4.69) is 15.5 Å². The highest BCUT2D eigenvalue weighted by Crippen LogP contribution is 2.25. The Morgan fingerprint density at radius 3 is 2.90 bits per heavy atom. The highest BCUT2D eigenvalue weighted by Gasteiger charge is 2.15. The van der Waals surface area contributed by atoms with Gasteiger partial charge < -0.3 is 5.32 Å². The molecule has 1 aromatic carbocycles. The van der Waals surface area contributed by atoms with Gasteiger partial charge in [-0.05, 0) is 23.1 Å². The molecule has 0 aliphatic heterocycles. The molecule has 0 radical (unpaired) electrons. The molecule has 0 aliphatic rings. The second-order valence-corrected chi connectivity index (χ2v) is 5.76. The number of H-pyrrole nitrogens is 1. The third-order valence-electron chi connectivity index (χ3n) is 3.05. The third kappa shape index (κ3) is 2.99. The summed E-state index contributed by atoms with van der Waals surface area (Å²) in [6.45, 7) is 0.383. The van der Waals surface area contributed by atoms with Crippen molar-refractivity contribution < 1.29 is 4.79 Å². The summed E-state index contributed by atoms with van der Waals surface area (Å²) < 4.78 is 0. The van der Waals surface area contributed by atoms with Gasteiger partial charge in [0.25, 0.3) is 5.91 Å². The Labute approximate surface area is 130 Å². The molecule has 106 valence electrons. The normalized spacial score (nSPS) is 10.5. The van der Waals surface area contributed by atoms with Crippen LogP contribution in [0.4, 0.5) is 0 Å². The van der Waals surface area contributed by atoms with Gasteiger partial charge in [-0.15, -0.1) is 11.3 Å². The van der Waals surface area contributed by atoms with Crippen molar-refractivity contribution in [1.29, 1.82) is 0 Å². The van der Waals surface area contributed by atoms with Crippen molar-refractivity contribution in [2.24, 2.45) is 0 Å². The van der Waals surface area contributed by atoms with E-state index in [1.165, 1.54) is 6.20 Å². The minimum atomic E-state index is -0.174. The Morgan fingerprint density at radius 2 is 2.14 bits per heavy atom. The highest BCUT2D eigenvalue weighted by atomic mass is 35.5. The zero-order valence-corrected chi connectivity index (χ0v) is 12.5. The first-order chi connectivity index (χ1) is 10.3. The number of benzene rings is 1. The summed E-state index contributed by atoms with van der Waals surface area (Å²) in [5.74, 6) is -0.174. The average Bonchev–Trinajstić information content (AvgIpc) is 3.16. The van der Waals surface area contributed by atoms with E-state index in [0.29, 0.717) is 17.1 Å². The summed E-state index contributed by atoms with van der Waals surface area (Å²) in [5.41, 5.74) is 2.15. The van der Waals surface area contributed by atoms with E-state index in [1.807, 2.05) is 35.7 Å². The second-order valence-electron chi connectivity index (χ2n) is 4.41. The maximum Gasteiger partial charge on any atom is 0.255 e. The summed E-state index contributed by atoms with van der Waals surface area (Å²) in [5, 5.41) is 12.3. The monoisotopic (exact) mass is 317 g/mol. The standard InChI is InChI=1S/C15H12ClN3OS/c16-12-5-2-1-4-10(12)8-17-15(20)11-9-18-19-14(11)13-6-3-7-21-13/h1-7,9H,8H2,(H,17,20)(H,18,19). The van der Waals surface area contributed by atoms with Gasteiger partial charge in [-0.1, -0.05) is 35.9 Å². The Balaban J connectivity index is 1.75. The fourth-order valence-electron chi connectivity index (χ4n) is 1.98. The lowest BCUT2D eigenvalue weighted by Crippen LogP contribution is -2.23. The molecule has 3 rings (SSSR count). The van der Waals surface area contributed by atoms with Crippen LogP contribution in [-0.2, 0) is 6.54 Å². The molecule has 2 heterocycles. The number of thiophene rings is 1. The number of rotatable bonds is 4. The van der Waals surface area contributed by atoms with Crippen LogP contribution in [0.2, 0.25) is 5.02 Å². The number of aromatic nitrogens is 2. The van der Waals surface area contributed by atoms with Crippen molar-refractivity contribution in [3.05, 3.63) is 64.1 Å². The van der Waals surface area contributed by atoms with Gasteiger partial charge in [-0.25, -0.2) is 0 Å². The lowest BCUT2D eigenvalue weighted by molar-refractivity contribution is 0.0951. The number of aromatic amines is 1. The minimum absolute atomic E-state index is 0.174. The zero-order valence-electron chi connectivity index (χ0n) is 11.0. The van der Waals surface area contributed by atoms with Crippen LogP contribution in [-0.4, -0.2) is 16.1 Å². The molecule has 2 N–H and O–H groups in total. The van der Waals surface area contributed by atoms with Crippen molar-refractivity contribution in [2.75, 3.05) is 0 Å². The predicted molar refractivity (Wildman–Crippen MR) is 84.5 cm³/mol. The smallest absolute Gasteiger partial charge is 0.255 e. The molecule has 0 saturated carbocycles. The molecule has 0 unspecified atom stereocenters. The first kappa shape index (κ1) is 13.9. The number of amides is 1. The first-order valence-corrected chi connectivity index (χ1v) is 7.60. The molecule has 0 atom stereocenters. The van der Waals surface area contributed by atoms with E-state index >= 15 is 0 Å². The van der Waals surface area contributed by atoms with E-state index in [-0.39, 0.29) is 5.91 Å². The molecule has 0 saturated heterocycles. The zero-order chi connectivity index (χ0) is 14.7. The fraction of sp³-hybridized carbons (Fsp3) is 0.0667. The Morgan fingerprint density at radius 1 is 1.29 bits per heavy atom. The van der Waals surface area contributed by atoms with Crippen molar-refractivity contribution >= 4 is 28.8 Å². The number of nitrogens with zero attached hydrogens (tertiary/aromatic N) is 1. The molecule has 0 fully saturated rings. The number of carbonyl (C=O) groups excluding carboxylic acids is 1. The van der Waals surface area contributed by atoms with Crippen molar-refractivity contribution in [2.45, 2.75) is 6.54 Å². The molecule has 0 aliphatic carbocycles. The predicted octanol–water partition coefficient (Wildman–Crippen LogP) is 3.72. The summed E-state index contributed by atoms with van der Waals surface area (Å²) >= 11 is 7.63. The maximum absolute atomic E-state index is 12.3. The van der Waals surface area contributed by atoms with Gasteiger partial charge in [0.1, 0.15) is 0 Å². The number of carbonyl (C=O) groups is 1. The van der Waals surface area contributed by atoms with E-state index < -0.39 is 0 Å². The maximum atomic E-state index is 12.3. The molecule has 0 spiro atoms. The second kappa shape index (κ2) is 6.11. The third-order valence-corrected chi connectivity index (χ3v) is 4.30. The molecule has 1 amide bonds. The van der Waals surface area contributed by atoms with Gasteiger partial charge in [0.15, 0.2) is 0 Å². The molecule has 0 bridgehead atoms. The van der Waals surface area contributed by atoms with Crippen LogP contribution >= 0.6 is 22.9 Å². The van der Waals surface area contributed by atoms with Crippen molar-refractivity contribution in [1.82, 2.24) is 15.5 Å². The van der Waals surface area contributed by atoms with Gasteiger partial charge in [-0.2, -0.15) is 5.10 Å². The molecule has 6 heteroatoms. The molecular weight excluding hydrogens is 306 g/mol. The Bertz CT molecular complexity index is 752. The summed E-state index contributed by atoms with van der Waals surface area (Å²) in [7, 11) is 0. The minimum Gasteiger partial charge on any atom is -0.348 e. The van der Waals surface area contributed by atoms with E-state index in [1.54, 1.807) is 17.4 Å². The van der Waals surface area contributed by atoms with Crippen LogP contribution in [0.25, 0.3) is 10.6 Å². The quantitative estimate of drug-likeness (QED) is 0.770. The topological polar surface area (TPSA) is 57.8 Å². The average molecular weight is 318 g/mol. The fourth-order valence-corrected chi connectivity index (χ4v) is 2.92. The lowest BCUT2D eigenvalue weighted by Gasteiger charge is -2.06. The van der Waals surface area contributed by atoms with Gasteiger partial charge >= 0.3 is 0 Å². The Hall–Kier alpha value is -2.11. The van der Waals surface area contributed by atoms with Gasteiger partial charge in [0, 0.05) is 11.6 Å². The summed E-state index contributed by atoms with van der Waals surface area (Å²) in [6.07, 6.45) is 1.54. The largest absolute Gasteiger partial charge is 0.348 e. The molecule has 21 heavy (non-hydrogen) atoms. The van der Waals surface area contributed by atoms with Gasteiger partial charge in [-0.3, -0.25) is 9.89 Å². The SMILES string of the molecule is O=C(NCc1ccccc1Cl)c1cn[nH]c1-c1cccs1. The number of hydrogen-bond acceptors (Lipinski definition) is 3. The van der Waals surface area contributed by atoms with Crippen LogP contribution in [0, 0.1) is 0 Å². The van der Waals surface area contributed by atoms with E-state index in [0.717, 1.165) is 16.1 Å². The first-order valence-electron chi connectivity index (χ1n) is 6.34. The van der Waals surface area contributed by atoms with Crippen LogP contribution in [0.1, 0.15) is 15.9 Å². The van der Waals surface area contributed by atoms with E-state index in [4.69, 9.17) is 11.6 Å².